The summed E-state index contributed by atoms with van der Waals surface area (Å²) in [6, 6.07) is 48.6. The number of hydrogen-bond acceptors (Lipinski definition) is 6. The summed E-state index contributed by atoms with van der Waals surface area (Å²) in [7, 11) is 2.17. The zero-order valence-corrected chi connectivity index (χ0v) is 53.5. The second-order valence-electron chi connectivity index (χ2n) is 23.1. The van der Waals surface area contributed by atoms with Crippen LogP contribution in [0.3, 0.4) is 0 Å². The first-order chi connectivity index (χ1) is 43.4. The number of unbranched alkanes of at least 4 members (excludes halogenated alkanes) is 1. The van der Waals surface area contributed by atoms with Crippen LogP contribution in [0.25, 0.3) is 71.3 Å². The average molecular weight is 1180 g/mol. The lowest BCUT2D eigenvalue weighted by Crippen LogP contribution is -2.23. The van der Waals surface area contributed by atoms with Crippen LogP contribution in [-0.2, 0) is 0 Å². The molecule has 2 N–H and O–H groups in total. The molecule has 1 aliphatic carbocycles. The Morgan fingerprint density at radius 3 is 2.04 bits per heavy atom. The fraction of sp³-hybridized carbons (Fsp3) is 0.229. The molecule has 0 radical (unpaired) electrons. The molecular formula is C83H88N2O4. The second-order valence-corrected chi connectivity index (χ2v) is 23.1. The Bertz CT molecular complexity index is 4390. The Morgan fingerprint density at radius 2 is 1.31 bits per heavy atom. The Kier molecular flexibility index (Phi) is 21.9. The van der Waals surface area contributed by atoms with Gasteiger partial charge in [-0.05, 0) is 159 Å². The highest BCUT2D eigenvalue weighted by atomic mass is 16.3. The SMILES string of the molecule is C/C=C\C=C(/c1cc2cccc(N(C(/C=C\C)=c3\ccc4ccc(N(C)c5cccc6c5oc5c(C(CC)CCCC)cccc56)c5ccc(C)c3c45)c3cccc(C)c3O)c2o1)C1CCCCC1.C=C/C=C\C(=C)c1ccccc1O.C=C/C=C\C=C/C. The fourth-order valence-electron chi connectivity index (χ4n) is 12.7. The molecule has 89 heavy (non-hydrogen) atoms. The van der Waals surface area contributed by atoms with Crippen LogP contribution in [0.1, 0.15) is 126 Å². The minimum absolute atomic E-state index is 0.233. The first-order valence-corrected chi connectivity index (χ1v) is 31.8. The van der Waals surface area contributed by atoms with Crippen LogP contribution in [0.4, 0.5) is 22.7 Å². The van der Waals surface area contributed by atoms with Gasteiger partial charge in [0.05, 0.1) is 22.8 Å². The van der Waals surface area contributed by atoms with Gasteiger partial charge in [-0.25, -0.2) is 0 Å². The molecule has 0 spiro atoms. The van der Waals surface area contributed by atoms with E-state index in [9.17, 15) is 10.2 Å². The summed E-state index contributed by atoms with van der Waals surface area (Å²) < 4.78 is 14.1. The molecule has 0 bridgehead atoms. The van der Waals surface area contributed by atoms with E-state index < -0.39 is 0 Å². The summed E-state index contributed by atoms with van der Waals surface area (Å²) in [4.78, 5) is 4.53. The maximum Gasteiger partial charge on any atom is 0.159 e. The normalized spacial score (nSPS) is 14.0. The minimum Gasteiger partial charge on any atom is -0.507 e. The molecule has 1 aliphatic rings. The summed E-state index contributed by atoms with van der Waals surface area (Å²) in [6.07, 6.45) is 36.3. The van der Waals surface area contributed by atoms with Crippen molar-refractivity contribution in [2.45, 2.75) is 112 Å². The van der Waals surface area contributed by atoms with Gasteiger partial charge in [-0.15, -0.1) is 0 Å². The third kappa shape index (κ3) is 13.9. The van der Waals surface area contributed by atoms with E-state index in [4.69, 9.17) is 8.83 Å². The third-order valence-electron chi connectivity index (χ3n) is 17.3. The molecule has 11 rings (SSSR count). The van der Waals surface area contributed by atoms with Gasteiger partial charge in [-0.2, -0.15) is 0 Å². The van der Waals surface area contributed by atoms with E-state index in [1.807, 2.05) is 74.6 Å². The number of phenols is 2. The molecule has 1 atom stereocenters. The fourth-order valence-corrected chi connectivity index (χ4v) is 12.7. The van der Waals surface area contributed by atoms with Crippen LogP contribution in [-0.4, -0.2) is 17.3 Å². The van der Waals surface area contributed by atoms with Crippen LogP contribution < -0.4 is 15.0 Å². The predicted molar refractivity (Wildman–Crippen MR) is 385 cm³/mol. The van der Waals surface area contributed by atoms with Crippen LogP contribution in [0.2, 0.25) is 0 Å². The topological polar surface area (TPSA) is 73.2 Å². The van der Waals surface area contributed by atoms with E-state index in [1.165, 1.54) is 77.8 Å². The highest BCUT2D eigenvalue weighted by molar-refractivity contribution is 6.18. The highest BCUT2D eigenvalue weighted by Gasteiger charge is 2.27. The van der Waals surface area contributed by atoms with Gasteiger partial charge in [0.2, 0.25) is 0 Å². The summed E-state index contributed by atoms with van der Waals surface area (Å²) in [5, 5.41) is 30.6. The van der Waals surface area contributed by atoms with Gasteiger partial charge < -0.3 is 28.8 Å². The van der Waals surface area contributed by atoms with Crippen molar-refractivity contribution >= 4 is 94.0 Å². The molecule has 2 heterocycles. The summed E-state index contributed by atoms with van der Waals surface area (Å²) in [6.45, 7) is 25.8. The lowest BCUT2D eigenvalue weighted by molar-refractivity contribution is 0.422. The van der Waals surface area contributed by atoms with Crippen molar-refractivity contribution in [1.82, 2.24) is 0 Å². The van der Waals surface area contributed by atoms with Crippen LogP contribution >= 0.6 is 0 Å². The average Bonchev–Trinajstić information content (AvgIpc) is 1.50. The van der Waals surface area contributed by atoms with Crippen molar-refractivity contribution in [2.24, 2.45) is 5.92 Å². The van der Waals surface area contributed by atoms with Crippen LogP contribution in [0.15, 0.2) is 247 Å². The molecule has 10 aromatic rings. The maximum absolute atomic E-state index is 12.1. The smallest absolute Gasteiger partial charge is 0.159 e. The number of hydrogen-bond donors (Lipinski definition) is 2. The Balaban J connectivity index is 0.000000402. The van der Waals surface area contributed by atoms with Gasteiger partial charge in [0.1, 0.15) is 22.8 Å². The van der Waals surface area contributed by atoms with Crippen molar-refractivity contribution in [3.8, 4) is 11.5 Å². The lowest BCUT2D eigenvalue weighted by atomic mass is 9.82. The molecule has 1 fully saturated rings. The molecule has 8 aromatic carbocycles. The summed E-state index contributed by atoms with van der Waals surface area (Å²) in [5.74, 6) is 2.31. The number of furan rings is 2. The van der Waals surface area contributed by atoms with Gasteiger partial charge in [-0.3, -0.25) is 0 Å². The molecule has 0 aliphatic heterocycles. The zero-order chi connectivity index (χ0) is 63.0. The lowest BCUT2D eigenvalue weighted by Gasteiger charge is -2.28. The van der Waals surface area contributed by atoms with Crippen molar-refractivity contribution in [3.63, 3.8) is 0 Å². The number of fused-ring (bicyclic) bond motifs is 4. The first-order valence-electron chi connectivity index (χ1n) is 31.8. The molecule has 454 valence electrons. The monoisotopic (exact) mass is 1180 g/mol. The highest BCUT2D eigenvalue weighted by Crippen LogP contribution is 2.47. The Morgan fingerprint density at radius 1 is 0.607 bits per heavy atom. The van der Waals surface area contributed by atoms with Crippen molar-refractivity contribution in [3.05, 3.63) is 271 Å². The van der Waals surface area contributed by atoms with Gasteiger partial charge in [0.15, 0.2) is 11.2 Å². The summed E-state index contributed by atoms with van der Waals surface area (Å²) >= 11 is 0. The number of aromatic hydroxyl groups is 2. The van der Waals surface area contributed by atoms with E-state index >= 15 is 0 Å². The van der Waals surface area contributed by atoms with E-state index in [2.05, 4.69) is 199 Å². The van der Waals surface area contributed by atoms with E-state index in [0.717, 1.165) is 102 Å². The molecule has 1 saturated carbocycles. The van der Waals surface area contributed by atoms with E-state index in [-0.39, 0.29) is 11.5 Å². The summed E-state index contributed by atoms with van der Waals surface area (Å²) in [5.41, 5.74) is 13.4. The number of para-hydroxylation sites is 5. The van der Waals surface area contributed by atoms with Gasteiger partial charge in [-0.1, -0.05) is 242 Å². The third-order valence-corrected chi connectivity index (χ3v) is 17.3. The number of aryl methyl sites for hydroxylation is 2. The predicted octanol–water partition coefficient (Wildman–Crippen LogP) is 23.6. The quantitative estimate of drug-likeness (QED) is 0.0786. The number of nitrogens with zero attached hydrogens (tertiary/aromatic N) is 2. The molecule has 0 amide bonds. The molecule has 0 saturated heterocycles. The van der Waals surface area contributed by atoms with Crippen molar-refractivity contribution in [2.75, 3.05) is 16.8 Å². The number of phenolic OH excluding ortho intramolecular Hbond substituents is 2. The Hall–Kier alpha value is -9.52. The minimum atomic E-state index is 0.233. The zero-order valence-electron chi connectivity index (χ0n) is 53.5. The molecular weight excluding hydrogens is 1090 g/mol. The first kappa shape index (κ1) is 64.0. The van der Waals surface area contributed by atoms with Crippen molar-refractivity contribution in [1.29, 1.82) is 0 Å². The van der Waals surface area contributed by atoms with Crippen molar-refractivity contribution < 1.29 is 19.0 Å². The Labute approximate surface area is 528 Å². The standard InChI is InChI=1S/C64H66N2O3.C12H12O.C7H10/c1-8-12-23-43(11-4)48-28-19-29-49-50-30-20-32-56(64(50)69-63(48)49)65(7)53-39-36-45-35-38-52(59-41(5)34-37-51(53)60(45)59)54(21-10-3)66(55-31-17-22-42(6)61(55)67)57-33-18-26-46-40-58(68-62(46)57)47(27-13-9-2)44-24-15-14-16-25-44;1-3-4-7-10(2)11-8-5-6-9-12(11)13;1-3-5-7-6-4-2/h9-10,13,17-22,26-40,43-44,67H,8,11-12,14-16,23-25H2,1-7H3;3-9,13H,1-2H2;3-7H,1H2,2H3/b13-9-,21-10-,47-27-,54-52+;7-4-;6-4-,7-5-. The number of benzene rings is 8. The molecule has 6 heteroatoms. The van der Waals surface area contributed by atoms with E-state index in [1.54, 1.807) is 30.4 Å². The number of anilines is 4. The molecule has 6 nitrogen and oxygen atoms in total. The number of allylic oxidation sites excluding steroid dienone is 14. The van der Waals surface area contributed by atoms with Gasteiger partial charge in [0.25, 0.3) is 0 Å². The maximum atomic E-state index is 12.1. The second kappa shape index (κ2) is 30.4. The van der Waals surface area contributed by atoms with E-state index in [0.29, 0.717) is 17.5 Å². The van der Waals surface area contributed by atoms with Gasteiger partial charge in [0, 0.05) is 45.1 Å². The number of rotatable bonds is 19. The molecule has 2 aromatic heterocycles. The van der Waals surface area contributed by atoms with Crippen LogP contribution in [0, 0.1) is 19.8 Å². The van der Waals surface area contributed by atoms with Gasteiger partial charge >= 0.3 is 0 Å². The molecule has 1 unspecified atom stereocenters. The van der Waals surface area contributed by atoms with Crippen LogP contribution in [0.5, 0.6) is 11.5 Å². The largest absolute Gasteiger partial charge is 0.507 e.